The van der Waals surface area contributed by atoms with E-state index in [2.05, 4.69) is 16.8 Å². The van der Waals surface area contributed by atoms with Gasteiger partial charge in [0.2, 0.25) is 0 Å². The van der Waals surface area contributed by atoms with Crippen LogP contribution in [0, 0.1) is 11.8 Å². The summed E-state index contributed by atoms with van der Waals surface area (Å²) in [4.78, 5) is 26.9. The normalized spacial score (nSPS) is 9.72. The Bertz CT molecular complexity index is 773. The van der Waals surface area contributed by atoms with Crippen molar-refractivity contribution in [3.63, 3.8) is 0 Å². The van der Waals surface area contributed by atoms with Crippen LogP contribution in [0.25, 0.3) is 0 Å². The van der Waals surface area contributed by atoms with Gasteiger partial charge >= 0.3 is 11.9 Å². The van der Waals surface area contributed by atoms with E-state index in [4.69, 9.17) is 14.2 Å². The second-order valence-electron chi connectivity index (χ2n) is 4.87. The van der Waals surface area contributed by atoms with Crippen molar-refractivity contribution in [2.45, 2.75) is 13.8 Å². The Morgan fingerprint density at radius 1 is 1.00 bits per heavy atom. The molecule has 0 aliphatic rings. The summed E-state index contributed by atoms with van der Waals surface area (Å²) in [5.74, 6) is 5.40. The molecule has 1 aromatic carbocycles. The molecule has 0 bridgehead atoms. The quantitative estimate of drug-likeness (QED) is 0.668. The number of methoxy groups -OCH3 is 1. The number of ether oxygens (including phenoxy) is 3. The average Bonchev–Trinajstić information content (AvgIpc) is 3.05. The summed E-state index contributed by atoms with van der Waals surface area (Å²) in [5, 5.41) is 0. The summed E-state index contributed by atoms with van der Waals surface area (Å²) >= 11 is 0. The Morgan fingerprint density at radius 3 is 2.24 bits per heavy atom. The van der Waals surface area contributed by atoms with Crippen LogP contribution in [0.2, 0.25) is 0 Å². The highest BCUT2D eigenvalue weighted by Crippen LogP contribution is 2.17. The van der Waals surface area contributed by atoms with Crippen molar-refractivity contribution in [2.75, 3.05) is 20.3 Å². The monoisotopic (exact) mass is 341 g/mol. The van der Waals surface area contributed by atoms with E-state index < -0.39 is 11.9 Å². The number of carbonyl (C=O) groups is 2. The van der Waals surface area contributed by atoms with Crippen LogP contribution in [-0.4, -0.2) is 37.2 Å². The van der Waals surface area contributed by atoms with E-state index in [9.17, 15) is 9.59 Å². The summed E-state index contributed by atoms with van der Waals surface area (Å²) in [5.41, 5.74) is 1.30. The Morgan fingerprint density at radius 2 is 1.64 bits per heavy atom. The fraction of sp³-hybridized carbons (Fsp3) is 0.263. The van der Waals surface area contributed by atoms with Crippen molar-refractivity contribution in [2.24, 2.45) is 0 Å². The van der Waals surface area contributed by atoms with E-state index in [0.29, 0.717) is 11.3 Å². The molecule has 6 heteroatoms. The first-order valence-electron chi connectivity index (χ1n) is 7.82. The van der Waals surface area contributed by atoms with Crippen LogP contribution in [-0.2, 0) is 9.47 Å². The highest BCUT2D eigenvalue weighted by Gasteiger charge is 2.22. The van der Waals surface area contributed by atoms with Crippen molar-refractivity contribution < 1.29 is 23.8 Å². The van der Waals surface area contributed by atoms with E-state index in [1.54, 1.807) is 45.2 Å². The van der Waals surface area contributed by atoms with Gasteiger partial charge < -0.3 is 19.2 Å². The van der Waals surface area contributed by atoms with Crippen molar-refractivity contribution >= 4 is 11.9 Å². The Labute approximate surface area is 146 Å². The number of benzene rings is 1. The smallest absolute Gasteiger partial charge is 0.356 e. The zero-order chi connectivity index (χ0) is 18.2. The molecule has 0 aliphatic heterocycles. The van der Waals surface area contributed by atoms with Crippen molar-refractivity contribution in [1.29, 1.82) is 0 Å². The molecule has 1 heterocycles. The van der Waals surface area contributed by atoms with E-state index in [0.717, 1.165) is 0 Å². The van der Waals surface area contributed by atoms with E-state index in [1.165, 1.54) is 6.20 Å². The number of carbonyl (C=O) groups excluding carboxylic acids is 2. The highest BCUT2D eigenvalue weighted by molar-refractivity contribution is 5.99. The number of H-pyrrole nitrogens is 1. The van der Waals surface area contributed by atoms with Crippen molar-refractivity contribution in [1.82, 2.24) is 4.98 Å². The molecule has 0 amide bonds. The maximum atomic E-state index is 12.1. The molecule has 1 aromatic heterocycles. The molecule has 0 aliphatic carbocycles. The van der Waals surface area contributed by atoms with Crippen LogP contribution in [0.15, 0.2) is 30.5 Å². The lowest BCUT2D eigenvalue weighted by Gasteiger charge is -2.02. The predicted molar refractivity (Wildman–Crippen MR) is 91.7 cm³/mol. The molecule has 2 rings (SSSR count). The number of hydrogen-bond donors (Lipinski definition) is 1. The average molecular weight is 341 g/mol. The molecule has 0 saturated carbocycles. The first kappa shape index (κ1) is 18.1. The molecule has 0 atom stereocenters. The van der Waals surface area contributed by atoms with Crippen LogP contribution in [0.5, 0.6) is 5.75 Å². The third kappa shape index (κ3) is 4.42. The zero-order valence-corrected chi connectivity index (χ0v) is 14.3. The van der Waals surface area contributed by atoms with Crippen LogP contribution < -0.4 is 4.74 Å². The Balaban J connectivity index is 2.42. The molecule has 0 radical (unpaired) electrons. The summed E-state index contributed by atoms with van der Waals surface area (Å²) in [7, 11) is 1.58. The van der Waals surface area contributed by atoms with Gasteiger partial charge in [-0.3, -0.25) is 0 Å². The number of esters is 2. The van der Waals surface area contributed by atoms with Gasteiger partial charge in [0.25, 0.3) is 0 Å². The molecule has 130 valence electrons. The second-order valence-corrected chi connectivity index (χ2v) is 4.87. The molecule has 0 unspecified atom stereocenters. The van der Waals surface area contributed by atoms with E-state index in [-0.39, 0.29) is 30.0 Å². The van der Waals surface area contributed by atoms with Crippen molar-refractivity contribution in [3.05, 3.63) is 52.8 Å². The van der Waals surface area contributed by atoms with Gasteiger partial charge in [-0.15, -0.1) is 0 Å². The maximum Gasteiger partial charge on any atom is 0.356 e. The molecule has 0 fully saturated rings. The maximum absolute atomic E-state index is 12.1. The fourth-order valence-corrected chi connectivity index (χ4v) is 2.10. The minimum absolute atomic E-state index is 0.130. The van der Waals surface area contributed by atoms with Crippen LogP contribution >= 0.6 is 0 Å². The Kier molecular flexibility index (Phi) is 6.24. The number of nitrogens with one attached hydrogen (secondary N) is 1. The summed E-state index contributed by atoms with van der Waals surface area (Å²) in [6, 6.07) is 7.12. The topological polar surface area (TPSA) is 77.6 Å². The fourth-order valence-electron chi connectivity index (χ4n) is 2.10. The molecule has 0 saturated heterocycles. The minimum Gasteiger partial charge on any atom is -0.497 e. The minimum atomic E-state index is -0.572. The molecule has 0 spiro atoms. The van der Waals surface area contributed by atoms with Gasteiger partial charge in [-0.05, 0) is 38.1 Å². The summed E-state index contributed by atoms with van der Waals surface area (Å²) in [6.07, 6.45) is 1.41. The molecular weight excluding hydrogens is 322 g/mol. The van der Waals surface area contributed by atoms with E-state index in [1.807, 2.05) is 0 Å². The van der Waals surface area contributed by atoms with Crippen LogP contribution in [0.1, 0.15) is 45.8 Å². The number of hydrogen-bond acceptors (Lipinski definition) is 5. The lowest BCUT2D eigenvalue weighted by molar-refractivity contribution is 0.0518. The SMILES string of the molecule is CCOC(=O)c1c[nH]c(C(=O)OCC)c1C#Cc1ccc(OC)cc1. The second kappa shape index (κ2) is 8.60. The number of aromatic amines is 1. The predicted octanol–water partition coefficient (Wildman–Crippen LogP) is 2.78. The van der Waals surface area contributed by atoms with Gasteiger partial charge in [-0.2, -0.15) is 0 Å². The summed E-state index contributed by atoms with van der Waals surface area (Å²) < 4.78 is 15.1. The largest absolute Gasteiger partial charge is 0.497 e. The molecule has 25 heavy (non-hydrogen) atoms. The van der Waals surface area contributed by atoms with Gasteiger partial charge in [-0.1, -0.05) is 11.8 Å². The Hall–Kier alpha value is -3.20. The molecular formula is C19H19NO5. The molecule has 1 N–H and O–H groups in total. The van der Waals surface area contributed by atoms with E-state index >= 15 is 0 Å². The summed E-state index contributed by atoms with van der Waals surface area (Å²) in [6.45, 7) is 3.86. The van der Waals surface area contributed by atoms with Gasteiger partial charge in [-0.25, -0.2) is 9.59 Å². The van der Waals surface area contributed by atoms with Gasteiger partial charge in [0, 0.05) is 11.8 Å². The third-order valence-electron chi connectivity index (χ3n) is 3.28. The third-order valence-corrected chi connectivity index (χ3v) is 3.28. The first-order chi connectivity index (χ1) is 12.1. The van der Waals surface area contributed by atoms with Gasteiger partial charge in [0.05, 0.1) is 31.5 Å². The van der Waals surface area contributed by atoms with Crippen LogP contribution in [0.3, 0.4) is 0 Å². The lowest BCUT2D eigenvalue weighted by Crippen LogP contribution is -2.09. The molecule has 2 aromatic rings. The van der Waals surface area contributed by atoms with Crippen LogP contribution in [0.4, 0.5) is 0 Å². The standard InChI is InChI=1S/C19H19NO5/c1-4-24-18(21)16-12-20-17(19(22)25-5-2)15(16)11-8-13-6-9-14(23-3)10-7-13/h6-7,9-10,12,20H,4-5H2,1-3H3. The lowest BCUT2D eigenvalue weighted by atomic mass is 10.1. The zero-order valence-electron chi connectivity index (χ0n) is 14.3. The van der Waals surface area contributed by atoms with Gasteiger partial charge in [0.1, 0.15) is 11.4 Å². The number of rotatable bonds is 5. The van der Waals surface area contributed by atoms with Gasteiger partial charge in [0.15, 0.2) is 0 Å². The first-order valence-corrected chi connectivity index (χ1v) is 7.82. The van der Waals surface area contributed by atoms with Crippen molar-refractivity contribution in [3.8, 4) is 17.6 Å². The highest BCUT2D eigenvalue weighted by atomic mass is 16.5. The molecule has 6 nitrogen and oxygen atoms in total. The number of aromatic nitrogens is 1.